The van der Waals surface area contributed by atoms with Crippen molar-refractivity contribution in [3.8, 4) is 11.3 Å². The van der Waals surface area contributed by atoms with Crippen LogP contribution in [0.3, 0.4) is 0 Å². The van der Waals surface area contributed by atoms with Crippen LogP contribution < -0.4 is 0 Å². The van der Waals surface area contributed by atoms with Gasteiger partial charge in [-0.25, -0.2) is 8.42 Å². The fourth-order valence-electron chi connectivity index (χ4n) is 4.64. The molecule has 0 bridgehead atoms. The number of aliphatic carboxylic acids is 1. The zero-order valence-electron chi connectivity index (χ0n) is 20.4. The predicted octanol–water partition coefficient (Wildman–Crippen LogP) is 3.90. The van der Waals surface area contributed by atoms with Crippen LogP contribution in [0.15, 0.2) is 59.5 Å². The molecule has 4 rings (SSSR count). The minimum absolute atomic E-state index is 0.0861. The maximum Gasteiger partial charge on any atom is 0.454 e. The van der Waals surface area contributed by atoms with Gasteiger partial charge in [-0.05, 0) is 29.7 Å². The van der Waals surface area contributed by atoms with E-state index in [9.17, 15) is 36.3 Å². The Balaban J connectivity index is 1.95. The van der Waals surface area contributed by atoms with Crippen LogP contribution in [0.1, 0.15) is 27.2 Å². The highest BCUT2D eigenvalue weighted by atomic mass is 32.2. The second kappa shape index (κ2) is 10.7. The Morgan fingerprint density at radius 2 is 1.61 bits per heavy atom. The molecular formula is C26H25F3N2O6S. The molecule has 2 heterocycles. The van der Waals surface area contributed by atoms with Gasteiger partial charge in [0.25, 0.3) is 5.78 Å². The van der Waals surface area contributed by atoms with E-state index >= 15 is 0 Å². The third kappa shape index (κ3) is 5.38. The third-order valence-electron chi connectivity index (χ3n) is 6.40. The molecule has 0 spiro atoms. The van der Waals surface area contributed by atoms with E-state index < -0.39 is 40.1 Å². The number of sulfonamides is 1. The standard InChI is InChI=1S/C26H25F3N2O6S/c1-17-20(15-19-9-5-6-10-21(19)38(35,36)30-11-13-37-14-12-30)23(25(34)26(27,28)29)24(31(17)16-22(32)33)18-7-3-2-4-8-18/h2-10H,11-16H2,1H3,(H,32,33). The molecule has 0 aliphatic carbocycles. The summed E-state index contributed by atoms with van der Waals surface area (Å²) in [6.45, 7) is 1.41. The number of aromatic nitrogens is 1. The SMILES string of the molecule is Cc1c(Cc2ccccc2S(=O)(=O)N2CCOCC2)c(C(=O)C(F)(F)F)c(-c2ccccc2)n1CC(=O)O. The maximum atomic E-state index is 13.9. The Morgan fingerprint density at radius 3 is 2.21 bits per heavy atom. The zero-order chi connectivity index (χ0) is 27.7. The minimum atomic E-state index is -5.25. The molecule has 0 atom stereocenters. The van der Waals surface area contributed by atoms with E-state index in [2.05, 4.69) is 0 Å². The van der Waals surface area contributed by atoms with Crippen LogP contribution >= 0.6 is 0 Å². The third-order valence-corrected chi connectivity index (χ3v) is 8.40. The number of carboxylic acids is 1. The number of carboxylic acid groups (broad SMARTS) is 1. The molecule has 0 radical (unpaired) electrons. The number of benzene rings is 2. The molecule has 202 valence electrons. The summed E-state index contributed by atoms with van der Waals surface area (Å²) in [5.74, 6) is -3.44. The molecule has 0 unspecified atom stereocenters. The molecule has 1 N–H and O–H groups in total. The van der Waals surface area contributed by atoms with Gasteiger partial charge in [-0.2, -0.15) is 17.5 Å². The first-order chi connectivity index (χ1) is 17.9. The van der Waals surface area contributed by atoms with Gasteiger partial charge in [-0.1, -0.05) is 48.5 Å². The lowest BCUT2D eigenvalue weighted by molar-refractivity contribution is -0.137. The van der Waals surface area contributed by atoms with Gasteiger partial charge in [0, 0.05) is 25.2 Å². The van der Waals surface area contributed by atoms with Crippen molar-refractivity contribution in [2.24, 2.45) is 0 Å². The monoisotopic (exact) mass is 550 g/mol. The predicted molar refractivity (Wildman–Crippen MR) is 131 cm³/mol. The number of carbonyl (C=O) groups is 2. The summed E-state index contributed by atoms with van der Waals surface area (Å²) >= 11 is 0. The van der Waals surface area contributed by atoms with Gasteiger partial charge in [0.2, 0.25) is 10.0 Å². The Labute approximate surface area is 217 Å². The van der Waals surface area contributed by atoms with Gasteiger partial charge in [-0.15, -0.1) is 0 Å². The van der Waals surface area contributed by atoms with Crippen molar-refractivity contribution < 1.29 is 41.0 Å². The van der Waals surface area contributed by atoms with Crippen molar-refractivity contribution in [2.45, 2.75) is 31.0 Å². The molecule has 1 saturated heterocycles. The van der Waals surface area contributed by atoms with Crippen LogP contribution in [0, 0.1) is 6.92 Å². The van der Waals surface area contributed by atoms with Crippen LogP contribution in [0.4, 0.5) is 13.2 Å². The van der Waals surface area contributed by atoms with E-state index in [-0.39, 0.29) is 65.7 Å². The van der Waals surface area contributed by atoms with Crippen molar-refractivity contribution in [3.63, 3.8) is 0 Å². The number of ether oxygens (including phenoxy) is 1. The smallest absolute Gasteiger partial charge is 0.454 e. The lowest BCUT2D eigenvalue weighted by Crippen LogP contribution is -2.40. The van der Waals surface area contributed by atoms with Gasteiger partial charge in [0.1, 0.15) is 6.54 Å². The Hall–Kier alpha value is -3.48. The summed E-state index contributed by atoms with van der Waals surface area (Å²) in [7, 11) is -4.02. The van der Waals surface area contributed by atoms with Gasteiger partial charge >= 0.3 is 12.1 Å². The summed E-state index contributed by atoms with van der Waals surface area (Å²) in [5, 5.41) is 9.52. The van der Waals surface area contributed by atoms with Crippen LogP contribution in [-0.2, 0) is 32.5 Å². The lowest BCUT2D eigenvalue weighted by Gasteiger charge is -2.27. The molecule has 2 aromatic carbocycles. The average molecular weight is 551 g/mol. The van der Waals surface area contributed by atoms with E-state index in [1.165, 1.54) is 41.6 Å². The molecule has 1 aliphatic rings. The number of rotatable bonds is 8. The molecule has 8 nitrogen and oxygen atoms in total. The van der Waals surface area contributed by atoms with Crippen molar-refractivity contribution in [2.75, 3.05) is 26.3 Å². The highest BCUT2D eigenvalue weighted by Crippen LogP contribution is 2.38. The Bertz CT molecular complexity index is 1460. The average Bonchev–Trinajstić information content (AvgIpc) is 3.14. The summed E-state index contributed by atoms with van der Waals surface area (Å²) in [6.07, 6.45) is -5.59. The quantitative estimate of drug-likeness (QED) is 0.427. The number of ketones is 1. The maximum absolute atomic E-state index is 13.9. The second-order valence-electron chi connectivity index (χ2n) is 8.76. The summed E-state index contributed by atoms with van der Waals surface area (Å²) in [6, 6.07) is 13.7. The van der Waals surface area contributed by atoms with Crippen molar-refractivity contribution >= 4 is 21.8 Å². The topological polar surface area (TPSA) is 106 Å². The van der Waals surface area contributed by atoms with Crippen molar-refractivity contribution in [1.82, 2.24) is 8.87 Å². The normalized spacial score (nSPS) is 14.9. The van der Waals surface area contributed by atoms with Crippen LogP contribution in [0.5, 0.6) is 0 Å². The number of morpholine rings is 1. The second-order valence-corrected chi connectivity index (χ2v) is 10.7. The Morgan fingerprint density at radius 1 is 1.00 bits per heavy atom. The van der Waals surface area contributed by atoms with E-state index in [0.29, 0.717) is 0 Å². The van der Waals surface area contributed by atoms with Crippen LogP contribution in [0.2, 0.25) is 0 Å². The number of Topliss-reactive ketones (excluding diaryl/α,β-unsaturated/α-hetero) is 1. The number of hydrogen-bond acceptors (Lipinski definition) is 5. The summed E-state index contributed by atoms with van der Waals surface area (Å²) in [4.78, 5) is 24.4. The van der Waals surface area contributed by atoms with Crippen molar-refractivity contribution in [1.29, 1.82) is 0 Å². The number of alkyl halides is 3. The largest absolute Gasteiger partial charge is 0.480 e. The first-order valence-electron chi connectivity index (χ1n) is 11.7. The molecule has 0 amide bonds. The first-order valence-corrected chi connectivity index (χ1v) is 13.1. The van der Waals surface area contributed by atoms with Crippen LogP contribution in [-0.4, -0.2) is 66.6 Å². The van der Waals surface area contributed by atoms with Gasteiger partial charge < -0.3 is 14.4 Å². The molecule has 3 aromatic rings. The van der Waals surface area contributed by atoms with E-state index in [1.807, 2.05) is 0 Å². The van der Waals surface area contributed by atoms with Gasteiger partial charge in [-0.3, -0.25) is 9.59 Å². The molecule has 1 aliphatic heterocycles. The number of hydrogen-bond donors (Lipinski definition) is 1. The van der Waals surface area contributed by atoms with Gasteiger partial charge in [0.15, 0.2) is 0 Å². The van der Waals surface area contributed by atoms with Crippen LogP contribution in [0.25, 0.3) is 11.3 Å². The Kier molecular flexibility index (Phi) is 7.77. The lowest BCUT2D eigenvalue weighted by atomic mass is 9.95. The molecule has 38 heavy (non-hydrogen) atoms. The molecular weight excluding hydrogens is 525 g/mol. The zero-order valence-corrected chi connectivity index (χ0v) is 21.2. The minimum Gasteiger partial charge on any atom is -0.480 e. The number of nitrogens with zero attached hydrogens (tertiary/aromatic N) is 2. The van der Waals surface area contributed by atoms with E-state index in [0.717, 1.165) is 4.57 Å². The van der Waals surface area contributed by atoms with Gasteiger partial charge in [0.05, 0.1) is 29.4 Å². The molecule has 0 saturated carbocycles. The number of carbonyl (C=O) groups excluding carboxylic acids is 1. The van der Waals surface area contributed by atoms with E-state index in [4.69, 9.17) is 4.74 Å². The molecule has 1 aromatic heterocycles. The first kappa shape index (κ1) is 27.6. The fraction of sp³-hybridized carbons (Fsp3) is 0.308. The fourth-order valence-corrected chi connectivity index (χ4v) is 6.27. The highest BCUT2D eigenvalue weighted by molar-refractivity contribution is 7.89. The van der Waals surface area contributed by atoms with Crippen molar-refractivity contribution in [3.05, 3.63) is 77.0 Å². The summed E-state index contributed by atoms with van der Waals surface area (Å²) in [5.41, 5.74) is -0.429. The number of halogens is 3. The molecule has 12 heteroatoms. The highest BCUT2D eigenvalue weighted by Gasteiger charge is 2.44. The molecule has 1 fully saturated rings. The summed E-state index contributed by atoms with van der Waals surface area (Å²) < 4.78 is 76.1. The van der Waals surface area contributed by atoms with E-state index in [1.54, 1.807) is 24.3 Å².